The molecule has 2 rings (SSSR count). The van der Waals surface area contributed by atoms with Crippen molar-refractivity contribution in [3.8, 4) is 0 Å². The number of aromatic nitrogens is 4. The van der Waals surface area contributed by atoms with Gasteiger partial charge in [-0.3, -0.25) is 0 Å². The summed E-state index contributed by atoms with van der Waals surface area (Å²) in [5.41, 5.74) is 0. The molecule has 0 amide bonds. The van der Waals surface area contributed by atoms with Crippen LogP contribution in [0.3, 0.4) is 0 Å². The predicted molar refractivity (Wildman–Crippen MR) is 73.6 cm³/mol. The van der Waals surface area contributed by atoms with E-state index in [0.29, 0.717) is 9.38 Å². The van der Waals surface area contributed by atoms with E-state index in [1.807, 2.05) is 31.6 Å². The first-order valence-corrected chi connectivity index (χ1v) is 8.66. The number of nitrogens with zero attached hydrogens (tertiary/aromatic N) is 4. The molecule has 0 spiro atoms. The summed E-state index contributed by atoms with van der Waals surface area (Å²) in [4.78, 5) is 8.80. The van der Waals surface area contributed by atoms with Gasteiger partial charge in [0.2, 0.25) is 0 Å². The molecule has 2 aromatic rings. The van der Waals surface area contributed by atoms with Crippen molar-refractivity contribution in [3.63, 3.8) is 0 Å². The maximum atomic E-state index is 4.57. The second kappa shape index (κ2) is 5.26. The minimum atomic E-state index is -0.690. The molecule has 5 nitrogen and oxygen atoms in total. The van der Waals surface area contributed by atoms with E-state index < -0.39 is 21.1 Å². The van der Waals surface area contributed by atoms with E-state index in [-0.39, 0.29) is 0 Å². The first-order valence-electron chi connectivity index (χ1n) is 5.80. The van der Waals surface area contributed by atoms with Crippen LogP contribution < -0.4 is 9.03 Å². The number of nitrogens with one attached hydrogen (secondary N) is 1. The van der Waals surface area contributed by atoms with Gasteiger partial charge < -0.3 is 0 Å². The topological polar surface area (TPSA) is 55.6 Å². The van der Waals surface area contributed by atoms with E-state index in [1.54, 1.807) is 4.68 Å². The normalized spacial score (nSPS) is 11.6. The number of hydrogen-bond donors (Lipinski definition) is 1. The van der Waals surface area contributed by atoms with Crippen LogP contribution in [0, 0.1) is 0 Å². The van der Waals surface area contributed by atoms with E-state index in [0.717, 1.165) is 5.82 Å². The summed E-state index contributed by atoms with van der Waals surface area (Å²) < 4.78 is 3.34. The average Bonchev–Trinajstić information content (AvgIpc) is 2.62. The molecule has 6 heteroatoms. The van der Waals surface area contributed by atoms with Crippen LogP contribution in [0.15, 0.2) is 24.5 Å². The summed E-state index contributed by atoms with van der Waals surface area (Å²) in [7, 11) is 1.89. The van der Waals surface area contributed by atoms with E-state index in [1.165, 1.54) is 3.71 Å². The van der Waals surface area contributed by atoms with Crippen molar-refractivity contribution in [1.82, 2.24) is 19.7 Å². The zero-order valence-electron chi connectivity index (χ0n) is 11.1. The van der Waals surface area contributed by atoms with Crippen molar-refractivity contribution in [2.75, 3.05) is 5.32 Å². The maximum absolute atomic E-state index is 4.57. The number of aryl methyl sites for hydroxylation is 1. The van der Waals surface area contributed by atoms with E-state index in [9.17, 15) is 0 Å². The Labute approximate surface area is 117 Å². The van der Waals surface area contributed by atoms with Gasteiger partial charge in [0.25, 0.3) is 0 Å². The van der Waals surface area contributed by atoms with Gasteiger partial charge in [-0.15, -0.1) is 0 Å². The molecule has 0 bridgehead atoms. The van der Waals surface area contributed by atoms with Crippen LogP contribution in [0.1, 0.15) is 20.8 Å². The molecular weight excluding hydrogens is 333 g/mol. The van der Waals surface area contributed by atoms with E-state index in [4.69, 9.17) is 0 Å². The van der Waals surface area contributed by atoms with Crippen molar-refractivity contribution in [1.29, 1.82) is 0 Å². The minimum absolute atomic E-state index is 0.389. The zero-order chi connectivity index (χ0) is 13.2. The van der Waals surface area contributed by atoms with Crippen molar-refractivity contribution in [2.45, 2.75) is 24.2 Å². The Balaban J connectivity index is 2.12. The van der Waals surface area contributed by atoms with Crippen LogP contribution >= 0.6 is 0 Å². The Bertz CT molecular complexity index is 529. The third-order valence-corrected chi connectivity index (χ3v) is 5.78. The number of anilines is 2. The Hall–Kier alpha value is -1.11. The molecule has 2 heterocycles. The van der Waals surface area contributed by atoms with Gasteiger partial charge in [-0.05, 0) is 0 Å². The standard InChI is InChI=1S/C8H8N5.C4H9.Sn/c1-13-6-3-7(12-13)11-8-9-4-2-5-10-8;1-4(2)3;/h2-4,6H,1H3,(H,9,10,11,12);1-3H3;. The Morgan fingerprint density at radius 3 is 2.67 bits per heavy atom. The number of hydrogen-bond acceptors (Lipinski definition) is 4. The first-order chi connectivity index (χ1) is 8.42. The SMILES string of the molecule is Cn1ccc(Nc2ncc[c]([Sn][C](C)(C)C)n2)n1. The second-order valence-electron chi connectivity index (χ2n) is 5.14. The molecule has 1 N–H and O–H groups in total. The third-order valence-electron chi connectivity index (χ3n) is 2.11. The quantitative estimate of drug-likeness (QED) is 0.853. The van der Waals surface area contributed by atoms with E-state index >= 15 is 0 Å². The molecule has 0 aliphatic rings. The summed E-state index contributed by atoms with van der Waals surface area (Å²) in [6.07, 6.45) is 3.71. The van der Waals surface area contributed by atoms with Crippen LogP contribution in [0.25, 0.3) is 0 Å². The van der Waals surface area contributed by atoms with Gasteiger partial charge in [0.05, 0.1) is 0 Å². The molecule has 94 valence electrons. The van der Waals surface area contributed by atoms with Gasteiger partial charge in [-0.1, -0.05) is 0 Å². The molecule has 2 radical (unpaired) electrons. The van der Waals surface area contributed by atoms with Gasteiger partial charge in [0.1, 0.15) is 0 Å². The van der Waals surface area contributed by atoms with Crippen LogP contribution in [-0.2, 0) is 7.05 Å². The zero-order valence-corrected chi connectivity index (χ0v) is 14.0. The molecule has 0 aliphatic carbocycles. The predicted octanol–water partition coefficient (Wildman–Crippen LogP) is 1.50. The van der Waals surface area contributed by atoms with Gasteiger partial charge in [0, 0.05) is 0 Å². The molecule has 0 saturated heterocycles. The molecule has 0 unspecified atom stereocenters. The third kappa shape index (κ3) is 3.97. The molecule has 2 aromatic heterocycles. The molecular formula is C12H17N5Sn. The van der Waals surface area contributed by atoms with Crippen LogP contribution in [0.5, 0.6) is 0 Å². The average molecular weight is 350 g/mol. The molecule has 0 atom stereocenters. The second-order valence-corrected chi connectivity index (χ2v) is 11.6. The van der Waals surface area contributed by atoms with Crippen LogP contribution in [0.4, 0.5) is 11.8 Å². The molecule has 0 saturated carbocycles. The van der Waals surface area contributed by atoms with E-state index in [2.05, 4.69) is 41.2 Å². The Morgan fingerprint density at radius 1 is 1.28 bits per heavy atom. The van der Waals surface area contributed by atoms with Crippen LogP contribution in [-0.4, -0.2) is 40.9 Å². The fourth-order valence-corrected chi connectivity index (χ4v) is 4.57. The Kier molecular flexibility index (Phi) is 3.89. The summed E-state index contributed by atoms with van der Waals surface area (Å²) in [6, 6.07) is 3.93. The van der Waals surface area contributed by atoms with Gasteiger partial charge in [0.15, 0.2) is 0 Å². The Morgan fingerprint density at radius 2 is 2.06 bits per heavy atom. The molecule has 0 fully saturated rings. The van der Waals surface area contributed by atoms with Crippen molar-refractivity contribution < 1.29 is 0 Å². The van der Waals surface area contributed by atoms with Crippen molar-refractivity contribution in [3.05, 3.63) is 24.5 Å². The summed E-state index contributed by atoms with van der Waals surface area (Å²) in [5.74, 6) is 1.41. The monoisotopic (exact) mass is 351 g/mol. The van der Waals surface area contributed by atoms with Gasteiger partial charge in [-0.25, -0.2) is 0 Å². The fraction of sp³-hybridized carbons (Fsp3) is 0.417. The van der Waals surface area contributed by atoms with Gasteiger partial charge in [-0.2, -0.15) is 0 Å². The summed E-state index contributed by atoms with van der Waals surface area (Å²) in [5, 5.41) is 7.37. The summed E-state index contributed by atoms with van der Waals surface area (Å²) in [6.45, 7) is 6.81. The molecule has 0 aromatic carbocycles. The summed E-state index contributed by atoms with van der Waals surface area (Å²) >= 11 is -0.690. The number of rotatable bonds is 3. The van der Waals surface area contributed by atoms with Crippen molar-refractivity contribution >= 4 is 36.6 Å². The fourth-order valence-electron chi connectivity index (χ4n) is 1.47. The molecule has 18 heavy (non-hydrogen) atoms. The van der Waals surface area contributed by atoms with Crippen LogP contribution in [0.2, 0.25) is 3.43 Å². The molecule has 0 aliphatic heterocycles. The van der Waals surface area contributed by atoms with Gasteiger partial charge >= 0.3 is 117 Å². The first kappa shape index (κ1) is 13.3. The van der Waals surface area contributed by atoms with Crippen molar-refractivity contribution in [2.24, 2.45) is 7.05 Å².